The van der Waals surface area contributed by atoms with Crippen LogP contribution in [0.4, 0.5) is 0 Å². The molecule has 6 nitrogen and oxygen atoms in total. The highest BCUT2D eigenvalue weighted by atomic mass is 16.6. The second kappa shape index (κ2) is 7.81. The first-order chi connectivity index (χ1) is 12.8. The summed E-state index contributed by atoms with van der Waals surface area (Å²) in [6, 6.07) is 7.53. The fourth-order valence-corrected chi connectivity index (χ4v) is 3.64. The molecule has 0 unspecified atom stereocenters. The molecule has 1 N–H and O–H groups in total. The van der Waals surface area contributed by atoms with E-state index in [0.29, 0.717) is 49.3 Å². The fourth-order valence-electron chi connectivity index (χ4n) is 3.64. The lowest BCUT2D eigenvalue weighted by Gasteiger charge is -2.20. The van der Waals surface area contributed by atoms with Gasteiger partial charge in [0.25, 0.3) is 0 Å². The average Bonchev–Trinajstić information content (AvgIpc) is 3.16. The van der Waals surface area contributed by atoms with Gasteiger partial charge in [-0.2, -0.15) is 0 Å². The highest BCUT2D eigenvalue weighted by Crippen LogP contribution is 2.34. The number of hydrogen-bond donors (Lipinski definition) is 1. The van der Waals surface area contributed by atoms with Crippen LogP contribution >= 0.6 is 0 Å². The Morgan fingerprint density at radius 1 is 1.08 bits per heavy atom. The van der Waals surface area contributed by atoms with E-state index in [1.54, 1.807) is 0 Å². The van der Waals surface area contributed by atoms with E-state index in [4.69, 9.17) is 14.0 Å². The van der Waals surface area contributed by atoms with E-state index in [9.17, 15) is 4.79 Å². The van der Waals surface area contributed by atoms with Crippen molar-refractivity contribution in [2.45, 2.75) is 45.1 Å². The van der Waals surface area contributed by atoms with E-state index in [-0.39, 0.29) is 5.91 Å². The van der Waals surface area contributed by atoms with E-state index in [0.717, 1.165) is 11.3 Å². The summed E-state index contributed by atoms with van der Waals surface area (Å²) in [5.74, 6) is 2.75. The highest BCUT2D eigenvalue weighted by Gasteiger charge is 2.18. The molecule has 6 heteroatoms. The molecule has 0 saturated heterocycles. The van der Waals surface area contributed by atoms with Crippen LogP contribution in [0.1, 0.15) is 44.2 Å². The first kappa shape index (κ1) is 16.9. The largest absolute Gasteiger partial charge is 0.486 e. The van der Waals surface area contributed by atoms with Gasteiger partial charge < -0.3 is 19.3 Å². The predicted molar refractivity (Wildman–Crippen MR) is 96.0 cm³/mol. The smallest absolute Gasteiger partial charge is 0.220 e. The van der Waals surface area contributed by atoms with Crippen LogP contribution in [0.25, 0.3) is 11.3 Å². The van der Waals surface area contributed by atoms with Crippen molar-refractivity contribution in [3.05, 3.63) is 30.0 Å². The summed E-state index contributed by atoms with van der Waals surface area (Å²) in [5, 5.41) is 7.02. The molecule has 1 aromatic heterocycles. The second-order valence-electron chi connectivity index (χ2n) is 7.03. The Morgan fingerprint density at radius 3 is 2.73 bits per heavy atom. The van der Waals surface area contributed by atoms with Crippen molar-refractivity contribution in [2.75, 3.05) is 13.2 Å². The number of amides is 1. The molecule has 1 aliphatic heterocycles. The van der Waals surface area contributed by atoms with Gasteiger partial charge in [0.15, 0.2) is 17.3 Å². The van der Waals surface area contributed by atoms with Gasteiger partial charge in [0.1, 0.15) is 18.9 Å². The number of hydrogen-bond acceptors (Lipinski definition) is 5. The van der Waals surface area contributed by atoms with Crippen LogP contribution in [-0.4, -0.2) is 24.3 Å². The van der Waals surface area contributed by atoms with Gasteiger partial charge in [0.05, 0.1) is 6.54 Å². The molecule has 4 rings (SSSR count). The Bertz CT molecular complexity index is 765. The fraction of sp³-hybridized carbons (Fsp3) is 0.500. The number of rotatable bonds is 5. The average molecular weight is 356 g/mol. The molecule has 1 amide bonds. The molecule has 2 aromatic rings. The van der Waals surface area contributed by atoms with Gasteiger partial charge in [-0.25, -0.2) is 0 Å². The van der Waals surface area contributed by atoms with Crippen molar-refractivity contribution >= 4 is 5.91 Å². The number of nitrogens with zero attached hydrogens (tertiary/aromatic N) is 1. The van der Waals surface area contributed by atoms with E-state index in [1.807, 2.05) is 24.3 Å². The molecule has 0 atom stereocenters. The first-order valence-corrected chi connectivity index (χ1v) is 9.40. The zero-order valence-electron chi connectivity index (χ0n) is 14.8. The third kappa shape index (κ3) is 4.00. The van der Waals surface area contributed by atoms with Crippen molar-refractivity contribution < 1.29 is 18.8 Å². The molecular formula is C20H24N2O4. The Kier molecular flexibility index (Phi) is 5.09. The third-order valence-electron chi connectivity index (χ3n) is 5.05. The summed E-state index contributed by atoms with van der Waals surface area (Å²) in [6.07, 6.45) is 6.77. The number of fused-ring (bicyclic) bond motifs is 1. The van der Waals surface area contributed by atoms with Crippen molar-refractivity contribution in [2.24, 2.45) is 5.92 Å². The molecule has 0 spiro atoms. The van der Waals surface area contributed by atoms with Gasteiger partial charge in [-0.3, -0.25) is 4.79 Å². The monoisotopic (exact) mass is 356 g/mol. The van der Waals surface area contributed by atoms with Gasteiger partial charge >= 0.3 is 0 Å². The number of benzene rings is 1. The van der Waals surface area contributed by atoms with Gasteiger partial charge in [-0.05, 0) is 37.0 Å². The summed E-state index contributed by atoms with van der Waals surface area (Å²) in [4.78, 5) is 12.1. The van der Waals surface area contributed by atoms with Gasteiger partial charge in [-0.15, -0.1) is 0 Å². The summed E-state index contributed by atoms with van der Waals surface area (Å²) in [6.45, 7) is 1.50. The molecule has 138 valence electrons. The molecule has 1 fully saturated rings. The topological polar surface area (TPSA) is 73.6 Å². The number of carbonyl (C=O) groups is 1. The highest BCUT2D eigenvalue weighted by molar-refractivity contribution is 5.76. The number of carbonyl (C=O) groups excluding carboxylic acids is 1. The molecule has 1 aliphatic carbocycles. The Labute approximate surface area is 152 Å². The van der Waals surface area contributed by atoms with Crippen LogP contribution in [0.15, 0.2) is 28.8 Å². The Morgan fingerprint density at radius 2 is 1.88 bits per heavy atom. The zero-order valence-corrected chi connectivity index (χ0v) is 14.8. The minimum atomic E-state index is 0.0979. The SMILES string of the molecule is O=C(CC1CCCCC1)NCc1cc(-c2ccc3c(c2)OCCO3)on1. The molecule has 2 heterocycles. The van der Waals surface area contributed by atoms with Crippen molar-refractivity contribution in [3.8, 4) is 22.8 Å². The van der Waals surface area contributed by atoms with Crippen molar-refractivity contribution in [1.29, 1.82) is 0 Å². The standard InChI is InChI=1S/C20H24N2O4/c23-20(10-14-4-2-1-3-5-14)21-13-16-12-18(26-22-16)15-6-7-17-19(11-15)25-9-8-24-17/h6-7,11-12,14H,1-5,8-10,13H2,(H,21,23). The lowest BCUT2D eigenvalue weighted by atomic mass is 9.87. The lowest BCUT2D eigenvalue weighted by Crippen LogP contribution is -2.26. The number of nitrogens with one attached hydrogen (secondary N) is 1. The molecule has 1 aromatic carbocycles. The minimum absolute atomic E-state index is 0.0979. The van der Waals surface area contributed by atoms with E-state index in [2.05, 4.69) is 10.5 Å². The minimum Gasteiger partial charge on any atom is -0.486 e. The Balaban J connectivity index is 1.33. The number of aromatic nitrogens is 1. The maximum absolute atomic E-state index is 12.1. The summed E-state index contributed by atoms with van der Waals surface area (Å²) in [7, 11) is 0. The predicted octanol–water partition coefficient (Wildman–Crippen LogP) is 3.70. The zero-order chi connectivity index (χ0) is 17.8. The maximum atomic E-state index is 12.1. The van der Waals surface area contributed by atoms with Crippen molar-refractivity contribution in [3.63, 3.8) is 0 Å². The first-order valence-electron chi connectivity index (χ1n) is 9.40. The molecular weight excluding hydrogens is 332 g/mol. The van der Waals surface area contributed by atoms with E-state index in [1.165, 1.54) is 32.1 Å². The molecule has 0 bridgehead atoms. The molecule has 1 saturated carbocycles. The van der Waals surface area contributed by atoms with Crippen molar-refractivity contribution in [1.82, 2.24) is 10.5 Å². The lowest BCUT2D eigenvalue weighted by molar-refractivity contribution is -0.122. The quantitative estimate of drug-likeness (QED) is 0.884. The number of ether oxygens (including phenoxy) is 2. The van der Waals surface area contributed by atoms with Crippen LogP contribution in [0, 0.1) is 5.92 Å². The Hall–Kier alpha value is -2.50. The van der Waals surface area contributed by atoms with Crippen LogP contribution < -0.4 is 14.8 Å². The molecule has 2 aliphatic rings. The van der Waals surface area contributed by atoms with Crippen LogP contribution in [0.3, 0.4) is 0 Å². The summed E-state index contributed by atoms with van der Waals surface area (Å²) >= 11 is 0. The summed E-state index contributed by atoms with van der Waals surface area (Å²) < 4.78 is 16.6. The maximum Gasteiger partial charge on any atom is 0.220 e. The van der Waals surface area contributed by atoms with E-state index < -0.39 is 0 Å². The molecule has 0 radical (unpaired) electrons. The third-order valence-corrected chi connectivity index (χ3v) is 5.05. The van der Waals surface area contributed by atoms with E-state index >= 15 is 0 Å². The van der Waals surface area contributed by atoms with Gasteiger partial charge in [0.2, 0.25) is 5.91 Å². The molecule has 26 heavy (non-hydrogen) atoms. The van der Waals surface area contributed by atoms with Crippen LogP contribution in [0.5, 0.6) is 11.5 Å². The van der Waals surface area contributed by atoms with Crippen LogP contribution in [0.2, 0.25) is 0 Å². The summed E-state index contributed by atoms with van der Waals surface area (Å²) in [5.41, 5.74) is 1.59. The van der Waals surface area contributed by atoms with Gasteiger partial charge in [0, 0.05) is 18.1 Å². The van der Waals surface area contributed by atoms with Crippen LogP contribution in [-0.2, 0) is 11.3 Å². The normalized spacial score (nSPS) is 17.1. The second-order valence-corrected chi connectivity index (χ2v) is 7.03. The van der Waals surface area contributed by atoms with Gasteiger partial charge in [-0.1, -0.05) is 24.4 Å².